The average molecular weight is 339 g/mol. The van der Waals surface area contributed by atoms with Gasteiger partial charge in [0.05, 0.1) is 0 Å². The fourth-order valence-electron chi connectivity index (χ4n) is 5.08. The number of fused-ring (bicyclic) bond motifs is 1. The van der Waals surface area contributed by atoms with Gasteiger partial charge < -0.3 is 0 Å². The van der Waals surface area contributed by atoms with Gasteiger partial charge in [-0.2, -0.15) is 0 Å². The largest absolute Gasteiger partial charge is 0.298 e. The molecule has 0 aromatic carbocycles. The smallest absolute Gasteiger partial charge is 0.0134 e. The Morgan fingerprint density at radius 3 is 1.71 bits per heavy atom. The van der Waals surface area contributed by atoms with Crippen LogP contribution in [0.3, 0.4) is 0 Å². The fraction of sp³-hybridized carbons (Fsp3) is 1.00. The van der Waals surface area contributed by atoms with Crippen molar-refractivity contribution in [2.45, 2.75) is 119 Å². The standard InChI is InChI=1S/C11H21N.C10H21N.CH4/c1-7(2)10-5-9-6-11(9)12(10)8(3)4;1-8(2)10-6-5-7-11(10)9(3)4;/h7-11H,5-6H2,1-4H3;8-10H,5-7H2,1-4H3;1H4/t9?,10-,11?;10-;/m00./s1. The second-order valence-corrected chi connectivity index (χ2v) is 9.44. The Labute approximate surface area is 153 Å². The molecule has 0 spiro atoms. The van der Waals surface area contributed by atoms with Gasteiger partial charge >= 0.3 is 0 Å². The maximum Gasteiger partial charge on any atom is 0.0134 e. The number of hydrogen-bond acceptors (Lipinski definition) is 2. The van der Waals surface area contributed by atoms with Crippen LogP contribution < -0.4 is 0 Å². The molecule has 144 valence electrons. The first-order valence-electron chi connectivity index (χ1n) is 10.3. The van der Waals surface area contributed by atoms with Crippen molar-refractivity contribution in [1.29, 1.82) is 0 Å². The second kappa shape index (κ2) is 9.03. The quantitative estimate of drug-likeness (QED) is 0.652. The Morgan fingerprint density at radius 2 is 1.33 bits per heavy atom. The molecule has 3 fully saturated rings. The Balaban J connectivity index is 0.000000232. The first-order valence-corrected chi connectivity index (χ1v) is 10.3. The van der Waals surface area contributed by atoms with Crippen LogP contribution in [0.15, 0.2) is 0 Å². The zero-order valence-corrected chi connectivity index (χ0v) is 17.0. The lowest BCUT2D eigenvalue weighted by Gasteiger charge is -2.33. The van der Waals surface area contributed by atoms with E-state index in [-0.39, 0.29) is 7.43 Å². The van der Waals surface area contributed by atoms with Crippen LogP contribution in [-0.2, 0) is 0 Å². The number of rotatable bonds is 4. The van der Waals surface area contributed by atoms with E-state index in [1.165, 1.54) is 32.2 Å². The molecule has 4 atom stereocenters. The van der Waals surface area contributed by atoms with E-state index < -0.39 is 0 Å². The topological polar surface area (TPSA) is 6.48 Å². The van der Waals surface area contributed by atoms with Crippen molar-refractivity contribution in [2.24, 2.45) is 17.8 Å². The number of nitrogens with zero attached hydrogens (tertiary/aromatic N) is 2. The van der Waals surface area contributed by atoms with Gasteiger partial charge in [0.15, 0.2) is 0 Å². The molecule has 0 aromatic heterocycles. The van der Waals surface area contributed by atoms with Crippen LogP contribution in [0.2, 0.25) is 0 Å². The summed E-state index contributed by atoms with van der Waals surface area (Å²) in [6.45, 7) is 20.0. The molecule has 3 rings (SSSR count). The predicted molar refractivity (Wildman–Crippen MR) is 109 cm³/mol. The molecule has 24 heavy (non-hydrogen) atoms. The van der Waals surface area contributed by atoms with Gasteiger partial charge in [0.1, 0.15) is 0 Å². The van der Waals surface area contributed by atoms with Gasteiger partial charge in [-0.1, -0.05) is 35.1 Å². The number of likely N-dealkylation sites (tertiary alicyclic amines) is 2. The summed E-state index contributed by atoms with van der Waals surface area (Å²) < 4.78 is 0. The molecule has 2 heterocycles. The third-order valence-electron chi connectivity index (χ3n) is 6.34. The van der Waals surface area contributed by atoms with Gasteiger partial charge in [0.2, 0.25) is 0 Å². The molecule has 2 saturated heterocycles. The van der Waals surface area contributed by atoms with Crippen molar-refractivity contribution < 1.29 is 0 Å². The van der Waals surface area contributed by atoms with Gasteiger partial charge in [-0.15, -0.1) is 0 Å². The molecular formula is C22H46N2. The summed E-state index contributed by atoms with van der Waals surface area (Å²) in [5.41, 5.74) is 0. The summed E-state index contributed by atoms with van der Waals surface area (Å²) in [4.78, 5) is 5.40. The van der Waals surface area contributed by atoms with E-state index in [0.29, 0.717) is 0 Å². The van der Waals surface area contributed by atoms with Crippen molar-refractivity contribution in [3.63, 3.8) is 0 Å². The van der Waals surface area contributed by atoms with Gasteiger partial charge in [-0.3, -0.25) is 9.80 Å². The van der Waals surface area contributed by atoms with Crippen LogP contribution in [0, 0.1) is 17.8 Å². The molecule has 1 aliphatic carbocycles. The van der Waals surface area contributed by atoms with Crippen LogP contribution in [0.4, 0.5) is 0 Å². The molecule has 2 unspecified atom stereocenters. The summed E-state index contributed by atoms with van der Waals surface area (Å²) in [6, 6.07) is 4.21. The molecule has 1 saturated carbocycles. The third-order valence-corrected chi connectivity index (χ3v) is 6.34. The van der Waals surface area contributed by atoms with Crippen LogP contribution in [-0.4, -0.2) is 46.6 Å². The summed E-state index contributed by atoms with van der Waals surface area (Å²) in [7, 11) is 0. The summed E-state index contributed by atoms with van der Waals surface area (Å²) in [6.07, 6.45) is 5.78. The van der Waals surface area contributed by atoms with Crippen LogP contribution >= 0.6 is 0 Å². The highest BCUT2D eigenvalue weighted by molar-refractivity contribution is 5.07. The summed E-state index contributed by atoms with van der Waals surface area (Å²) in [5.74, 6) is 2.75. The average Bonchev–Trinajstić information content (AvgIpc) is 2.92. The summed E-state index contributed by atoms with van der Waals surface area (Å²) in [5, 5.41) is 0. The lowest BCUT2D eigenvalue weighted by atomic mass is 9.99. The highest BCUT2D eigenvalue weighted by Gasteiger charge is 2.52. The van der Waals surface area contributed by atoms with E-state index in [1.54, 1.807) is 0 Å². The lowest BCUT2D eigenvalue weighted by Crippen LogP contribution is -2.41. The second-order valence-electron chi connectivity index (χ2n) is 9.44. The Kier molecular flexibility index (Phi) is 8.26. The molecule has 0 radical (unpaired) electrons. The lowest BCUT2D eigenvalue weighted by molar-refractivity contribution is 0.136. The van der Waals surface area contributed by atoms with Crippen LogP contribution in [0.25, 0.3) is 0 Å². The van der Waals surface area contributed by atoms with Crippen molar-refractivity contribution in [3.8, 4) is 0 Å². The van der Waals surface area contributed by atoms with Gasteiger partial charge in [0.25, 0.3) is 0 Å². The molecule has 2 heteroatoms. The Morgan fingerprint density at radius 1 is 0.750 bits per heavy atom. The summed E-state index contributed by atoms with van der Waals surface area (Å²) >= 11 is 0. The van der Waals surface area contributed by atoms with Crippen molar-refractivity contribution >= 4 is 0 Å². The Hall–Kier alpha value is -0.0800. The molecule has 0 N–H and O–H groups in total. The number of hydrogen-bond donors (Lipinski definition) is 0. The molecule has 2 nitrogen and oxygen atoms in total. The highest BCUT2D eigenvalue weighted by Crippen LogP contribution is 2.50. The first kappa shape index (κ1) is 22.0. The van der Waals surface area contributed by atoms with Crippen molar-refractivity contribution in [2.75, 3.05) is 6.54 Å². The van der Waals surface area contributed by atoms with Gasteiger partial charge in [0, 0.05) is 30.2 Å². The molecular weight excluding hydrogens is 292 g/mol. The van der Waals surface area contributed by atoms with Crippen LogP contribution in [0.1, 0.15) is 88.5 Å². The van der Waals surface area contributed by atoms with Crippen LogP contribution in [0.5, 0.6) is 0 Å². The first-order chi connectivity index (χ1) is 10.7. The predicted octanol–water partition coefficient (Wildman–Crippen LogP) is 5.66. The molecule has 0 aromatic rings. The van der Waals surface area contributed by atoms with Crippen molar-refractivity contribution in [3.05, 3.63) is 0 Å². The van der Waals surface area contributed by atoms with Gasteiger partial charge in [-0.05, 0) is 77.7 Å². The Bertz CT molecular complexity index is 347. The fourth-order valence-corrected chi connectivity index (χ4v) is 5.08. The third kappa shape index (κ3) is 4.97. The zero-order chi connectivity index (χ0) is 17.3. The SMILES string of the molecule is C.CC(C)[C@@H]1CC2CC2N1C(C)C.CC(C)[C@@H]1CCCN1C(C)C. The monoisotopic (exact) mass is 338 g/mol. The van der Waals surface area contributed by atoms with E-state index in [4.69, 9.17) is 0 Å². The maximum atomic E-state index is 2.76. The van der Waals surface area contributed by atoms with E-state index in [0.717, 1.165) is 48.0 Å². The normalized spacial score (nSPS) is 33.0. The molecule has 0 bridgehead atoms. The molecule has 2 aliphatic heterocycles. The highest BCUT2D eigenvalue weighted by atomic mass is 15.3. The van der Waals surface area contributed by atoms with E-state index >= 15 is 0 Å². The van der Waals surface area contributed by atoms with E-state index in [9.17, 15) is 0 Å². The number of piperidine rings is 1. The van der Waals surface area contributed by atoms with Gasteiger partial charge in [-0.25, -0.2) is 0 Å². The maximum absolute atomic E-state index is 2.76. The molecule has 0 amide bonds. The minimum Gasteiger partial charge on any atom is -0.298 e. The van der Waals surface area contributed by atoms with Crippen molar-refractivity contribution in [1.82, 2.24) is 9.80 Å². The minimum absolute atomic E-state index is 0. The molecule has 3 aliphatic rings. The minimum atomic E-state index is 0. The van der Waals surface area contributed by atoms with E-state index in [1.807, 2.05) is 0 Å². The van der Waals surface area contributed by atoms with E-state index in [2.05, 4.69) is 65.2 Å². The zero-order valence-electron chi connectivity index (χ0n) is 17.0.